The van der Waals surface area contributed by atoms with Crippen LogP contribution in [0, 0.1) is 0 Å². The fourth-order valence-electron chi connectivity index (χ4n) is 1.48. The molecule has 0 bridgehead atoms. The van der Waals surface area contributed by atoms with Crippen molar-refractivity contribution in [1.82, 2.24) is 0 Å². The number of aliphatic hydroxyl groups is 1. The minimum atomic E-state index is -0.0461. The van der Waals surface area contributed by atoms with E-state index in [1.165, 1.54) is 0 Å². The molecule has 1 atom stereocenters. The van der Waals surface area contributed by atoms with Gasteiger partial charge in [0, 0.05) is 13.3 Å². The molecule has 0 amide bonds. The van der Waals surface area contributed by atoms with E-state index in [2.05, 4.69) is 11.9 Å². The van der Waals surface area contributed by atoms with E-state index < -0.39 is 0 Å². The van der Waals surface area contributed by atoms with Gasteiger partial charge < -0.3 is 9.94 Å². The Bertz CT molecular complexity index is 274. The molecular weight excluding hydrogens is 190 g/mol. The van der Waals surface area contributed by atoms with Gasteiger partial charge in [-0.2, -0.15) is 0 Å². The van der Waals surface area contributed by atoms with Crippen LogP contribution in [0.3, 0.4) is 0 Å². The number of hydrogen-bond donors (Lipinski definition) is 1. The van der Waals surface area contributed by atoms with Crippen LogP contribution in [-0.4, -0.2) is 18.4 Å². The van der Waals surface area contributed by atoms with Gasteiger partial charge in [0.25, 0.3) is 0 Å². The van der Waals surface area contributed by atoms with Gasteiger partial charge in [-0.3, -0.25) is 0 Å². The van der Waals surface area contributed by atoms with E-state index in [0.29, 0.717) is 0 Å². The predicted octanol–water partition coefficient (Wildman–Crippen LogP) is 2.52. The molecule has 1 aromatic carbocycles. The highest BCUT2D eigenvalue weighted by molar-refractivity contribution is 5.22. The summed E-state index contributed by atoms with van der Waals surface area (Å²) in [5.41, 5.74) is 1.10. The third-order valence-electron chi connectivity index (χ3n) is 2.25. The van der Waals surface area contributed by atoms with E-state index >= 15 is 0 Å². The Morgan fingerprint density at radius 2 is 2.00 bits per heavy atom. The second-order valence-corrected chi connectivity index (χ2v) is 3.35. The zero-order valence-corrected chi connectivity index (χ0v) is 8.80. The molecule has 0 saturated carbocycles. The van der Waals surface area contributed by atoms with Crippen molar-refractivity contribution in [2.75, 3.05) is 6.61 Å². The van der Waals surface area contributed by atoms with Gasteiger partial charge in [0.2, 0.25) is 0 Å². The summed E-state index contributed by atoms with van der Waals surface area (Å²) in [6, 6.07) is 9.93. The van der Waals surface area contributed by atoms with Gasteiger partial charge >= 0.3 is 0 Å². The molecule has 0 aromatic heterocycles. The molecule has 3 nitrogen and oxygen atoms in total. The van der Waals surface area contributed by atoms with Gasteiger partial charge in [0.05, 0.1) is 0 Å². The van der Waals surface area contributed by atoms with E-state index in [4.69, 9.17) is 9.94 Å². The molecule has 0 radical (unpaired) electrons. The maximum Gasteiger partial charge on any atom is 0.152 e. The number of aliphatic hydroxyl groups excluding tert-OH is 1. The predicted molar refractivity (Wildman–Crippen MR) is 60.8 cm³/mol. The van der Waals surface area contributed by atoms with E-state index in [9.17, 15) is 0 Å². The minimum Gasteiger partial charge on any atom is -0.396 e. The van der Waals surface area contributed by atoms with Gasteiger partial charge in [-0.05, 0) is 24.8 Å². The Morgan fingerprint density at radius 3 is 2.60 bits per heavy atom. The number of nitrogens with zero attached hydrogens (tertiary/aromatic N) is 1. The quantitative estimate of drug-likeness (QED) is 0.424. The zero-order valence-electron chi connectivity index (χ0n) is 8.80. The maximum absolute atomic E-state index is 8.70. The first-order valence-electron chi connectivity index (χ1n) is 5.16. The van der Waals surface area contributed by atoms with Crippen molar-refractivity contribution in [3.63, 3.8) is 0 Å². The van der Waals surface area contributed by atoms with Gasteiger partial charge in [0.1, 0.15) is 0 Å². The molecule has 15 heavy (non-hydrogen) atoms. The summed E-state index contributed by atoms with van der Waals surface area (Å²) in [5.74, 6) is 0. The molecule has 1 aromatic rings. The standard InChI is InChI=1S/C12H17NO2/c1-13-15-12(9-5-6-10-14)11-7-3-2-4-8-11/h2-4,7-8,12,14H,1,5-6,9-10H2. The summed E-state index contributed by atoms with van der Waals surface area (Å²) in [4.78, 5) is 5.21. The van der Waals surface area contributed by atoms with E-state index in [1.54, 1.807) is 0 Å². The van der Waals surface area contributed by atoms with Crippen molar-refractivity contribution in [2.24, 2.45) is 5.16 Å². The lowest BCUT2D eigenvalue weighted by atomic mass is 10.0. The first-order chi connectivity index (χ1) is 7.38. The lowest BCUT2D eigenvalue weighted by Gasteiger charge is -2.14. The monoisotopic (exact) mass is 207 g/mol. The summed E-state index contributed by atoms with van der Waals surface area (Å²) < 4.78 is 0. The highest BCUT2D eigenvalue weighted by Gasteiger charge is 2.11. The normalized spacial score (nSPS) is 12.1. The van der Waals surface area contributed by atoms with Crippen molar-refractivity contribution >= 4 is 6.72 Å². The van der Waals surface area contributed by atoms with Crippen LogP contribution in [0.15, 0.2) is 35.5 Å². The van der Waals surface area contributed by atoms with E-state index in [1.807, 2.05) is 30.3 Å². The number of unbranched alkanes of at least 4 members (excludes halogenated alkanes) is 1. The summed E-state index contributed by atoms with van der Waals surface area (Å²) in [6.45, 7) is 3.56. The molecule has 1 N–H and O–H groups in total. The third kappa shape index (κ3) is 4.13. The van der Waals surface area contributed by atoms with Gasteiger partial charge in [-0.25, -0.2) is 0 Å². The second-order valence-electron chi connectivity index (χ2n) is 3.35. The minimum absolute atomic E-state index is 0.0461. The van der Waals surface area contributed by atoms with Gasteiger partial charge in [0.15, 0.2) is 6.10 Å². The molecule has 1 rings (SSSR count). The van der Waals surface area contributed by atoms with E-state index in [0.717, 1.165) is 24.8 Å². The Morgan fingerprint density at radius 1 is 1.27 bits per heavy atom. The smallest absolute Gasteiger partial charge is 0.152 e. The third-order valence-corrected chi connectivity index (χ3v) is 2.25. The zero-order chi connectivity index (χ0) is 10.9. The number of hydrogen-bond acceptors (Lipinski definition) is 3. The molecule has 0 aliphatic carbocycles. The first-order valence-corrected chi connectivity index (χ1v) is 5.16. The summed E-state index contributed by atoms with van der Waals surface area (Å²) >= 11 is 0. The van der Waals surface area contributed by atoms with Gasteiger partial charge in [-0.1, -0.05) is 30.3 Å². The van der Waals surface area contributed by atoms with Crippen LogP contribution >= 0.6 is 0 Å². The van der Waals surface area contributed by atoms with Crippen LogP contribution in [0.4, 0.5) is 0 Å². The van der Waals surface area contributed by atoms with Crippen molar-refractivity contribution in [1.29, 1.82) is 0 Å². The van der Waals surface area contributed by atoms with Crippen LogP contribution in [0.25, 0.3) is 0 Å². The maximum atomic E-state index is 8.70. The second kappa shape index (κ2) is 7.01. The molecular formula is C12H17NO2. The van der Waals surface area contributed by atoms with E-state index in [-0.39, 0.29) is 12.7 Å². The van der Waals surface area contributed by atoms with Crippen LogP contribution in [-0.2, 0) is 4.84 Å². The molecule has 3 heteroatoms. The van der Waals surface area contributed by atoms with Crippen molar-refractivity contribution in [2.45, 2.75) is 25.4 Å². The Hall–Kier alpha value is -1.35. The molecule has 82 valence electrons. The molecule has 0 heterocycles. The SMILES string of the molecule is C=NOC(CCCCO)c1ccccc1. The fourth-order valence-corrected chi connectivity index (χ4v) is 1.48. The summed E-state index contributed by atoms with van der Waals surface area (Å²) in [5, 5.41) is 12.2. The highest BCUT2D eigenvalue weighted by atomic mass is 16.6. The molecule has 1 unspecified atom stereocenters. The topological polar surface area (TPSA) is 41.8 Å². The van der Waals surface area contributed by atoms with Crippen molar-refractivity contribution in [3.05, 3.63) is 35.9 Å². The highest BCUT2D eigenvalue weighted by Crippen LogP contribution is 2.23. The van der Waals surface area contributed by atoms with Crippen LogP contribution in [0.1, 0.15) is 30.9 Å². The fraction of sp³-hybridized carbons (Fsp3) is 0.417. The molecule has 0 spiro atoms. The average Bonchev–Trinajstić information content (AvgIpc) is 2.29. The van der Waals surface area contributed by atoms with Crippen molar-refractivity contribution in [3.8, 4) is 0 Å². The first kappa shape index (κ1) is 11.7. The van der Waals surface area contributed by atoms with Crippen LogP contribution in [0.5, 0.6) is 0 Å². The summed E-state index contributed by atoms with van der Waals surface area (Å²) in [6.07, 6.45) is 2.52. The molecule has 0 saturated heterocycles. The van der Waals surface area contributed by atoms with Crippen molar-refractivity contribution < 1.29 is 9.94 Å². The summed E-state index contributed by atoms with van der Waals surface area (Å²) in [7, 11) is 0. The number of benzene rings is 1. The molecule has 0 aliphatic heterocycles. The number of oxime groups is 1. The Kier molecular flexibility index (Phi) is 5.48. The average molecular weight is 207 g/mol. The lowest BCUT2D eigenvalue weighted by molar-refractivity contribution is 0.0513. The Labute approximate surface area is 90.4 Å². The molecule has 0 aliphatic rings. The van der Waals surface area contributed by atoms with Gasteiger partial charge in [-0.15, -0.1) is 5.16 Å². The largest absolute Gasteiger partial charge is 0.396 e. The Balaban J connectivity index is 2.53. The number of rotatable bonds is 7. The molecule has 0 fully saturated rings. The van der Waals surface area contributed by atoms with Crippen LogP contribution in [0.2, 0.25) is 0 Å². The lowest BCUT2D eigenvalue weighted by Crippen LogP contribution is -2.01. The van der Waals surface area contributed by atoms with Crippen LogP contribution < -0.4 is 0 Å².